The number of ether oxygens (including phenoxy) is 1. The van der Waals surface area contributed by atoms with E-state index in [4.69, 9.17) is 4.74 Å². The summed E-state index contributed by atoms with van der Waals surface area (Å²) in [6.07, 6.45) is 4.04. The summed E-state index contributed by atoms with van der Waals surface area (Å²) in [6.45, 7) is 0.479. The van der Waals surface area contributed by atoms with Gasteiger partial charge in [-0.25, -0.2) is 9.37 Å². The number of aromatic amines is 1. The Morgan fingerprint density at radius 2 is 2.08 bits per heavy atom. The van der Waals surface area contributed by atoms with Crippen LogP contribution in [0, 0.1) is 5.82 Å². The highest BCUT2D eigenvalue weighted by Crippen LogP contribution is 2.34. The second kappa shape index (κ2) is 6.29. The van der Waals surface area contributed by atoms with Crippen LogP contribution in [0.25, 0.3) is 10.8 Å². The van der Waals surface area contributed by atoms with E-state index < -0.39 is 0 Å². The molecular formula is C19H18FN3O2. The molecule has 1 N–H and O–H groups in total. The molecule has 1 aliphatic heterocycles. The van der Waals surface area contributed by atoms with Gasteiger partial charge in [0.2, 0.25) is 0 Å². The SMILES string of the molecule is CO[C@@H]1CC(c2ncc[nH]2)N(C(=O)c2ccc(F)c3ccccc23)C1. The summed E-state index contributed by atoms with van der Waals surface area (Å²) in [5.74, 6) is 0.266. The fraction of sp³-hybridized carbons (Fsp3) is 0.263. The maximum atomic E-state index is 14.1. The highest BCUT2D eigenvalue weighted by Gasteiger charge is 2.38. The Bertz CT molecular complexity index is 910. The quantitative estimate of drug-likeness (QED) is 0.796. The number of amides is 1. The first-order valence-electron chi connectivity index (χ1n) is 8.19. The largest absolute Gasteiger partial charge is 0.380 e. The molecule has 0 saturated carbocycles. The van der Waals surface area contributed by atoms with Crippen molar-refractivity contribution in [2.24, 2.45) is 0 Å². The van der Waals surface area contributed by atoms with E-state index in [1.165, 1.54) is 6.07 Å². The maximum Gasteiger partial charge on any atom is 0.255 e. The molecule has 4 rings (SSSR count). The highest BCUT2D eigenvalue weighted by atomic mass is 19.1. The molecule has 1 unspecified atom stereocenters. The van der Waals surface area contributed by atoms with Gasteiger partial charge in [0.25, 0.3) is 5.91 Å². The normalized spacial score (nSPS) is 20.3. The number of imidazole rings is 1. The van der Waals surface area contributed by atoms with Gasteiger partial charge >= 0.3 is 0 Å². The van der Waals surface area contributed by atoms with Gasteiger partial charge in [0.15, 0.2) is 0 Å². The van der Waals surface area contributed by atoms with E-state index in [9.17, 15) is 9.18 Å². The van der Waals surface area contributed by atoms with Crippen molar-refractivity contribution in [2.75, 3.05) is 13.7 Å². The van der Waals surface area contributed by atoms with E-state index in [1.807, 2.05) is 6.07 Å². The number of carbonyl (C=O) groups excluding carboxylic acids is 1. The van der Waals surface area contributed by atoms with Crippen molar-refractivity contribution in [1.82, 2.24) is 14.9 Å². The van der Waals surface area contributed by atoms with Crippen LogP contribution in [0.15, 0.2) is 48.8 Å². The number of nitrogens with one attached hydrogen (secondary N) is 1. The number of carbonyl (C=O) groups is 1. The van der Waals surface area contributed by atoms with Gasteiger partial charge in [-0.05, 0) is 17.5 Å². The predicted octanol–water partition coefficient (Wildman–Crippen LogP) is 3.30. The fourth-order valence-electron chi connectivity index (χ4n) is 3.52. The lowest BCUT2D eigenvalue weighted by Gasteiger charge is -2.23. The predicted molar refractivity (Wildman–Crippen MR) is 91.7 cm³/mol. The molecule has 3 aromatic rings. The minimum absolute atomic E-state index is 0.0502. The van der Waals surface area contributed by atoms with Crippen LogP contribution in [-0.4, -0.2) is 40.5 Å². The lowest BCUT2D eigenvalue weighted by atomic mass is 10.0. The summed E-state index contributed by atoms with van der Waals surface area (Å²) in [4.78, 5) is 22.4. The lowest BCUT2D eigenvalue weighted by Crippen LogP contribution is -2.32. The van der Waals surface area contributed by atoms with E-state index in [0.29, 0.717) is 29.3 Å². The number of H-pyrrole nitrogens is 1. The van der Waals surface area contributed by atoms with Crippen LogP contribution in [0.2, 0.25) is 0 Å². The minimum Gasteiger partial charge on any atom is -0.380 e. The van der Waals surface area contributed by atoms with Gasteiger partial charge in [0, 0.05) is 43.4 Å². The van der Waals surface area contributed by atoms with Crippen molar-refractivity contribution in [2.45, 2.75) is 18.6 Å². The number of fused-ring (bicyclic) bond motifs is 1. The zero-order chi connectivity index (χ0) is 17.4. The number of likely N-dealkylation sites (tertiary alicyclic amines) is 1. The first-order chi connectivity index (χ1) is 12.2. The minimum atomic E-state index is -0.328. The monoisotopic (exact) mass is 339 g/mol. The van der Waals surface area contributed by atoms with Crippen molar-refractivity contribution in [3.05, 3.63) is 66.0 Å². The van der Waals surface area contributed by atoms with Gasteiger partial charge in [-0.1, -0.05) is 24.3 Å². The smallest absolute Gasteiger partial charge is 0.255 e. The number of methoxy groups -OCH3 is 1. The third kappa shape index (κ3) is 2.68. The van der Waals surface area contributed by atoms with Crippen LogP contribution in [-0.2, 0) is 4.74 Å². The van der Waals surface area contributed by atoms with Gasteiger partial charge in [-0.3, -0.25) is 4.79 Å². The molecule has 0 bridgehead atoms. The Morgan fingerprint density at radius 3 is 2.80 bits per heavy atom. The van der Waals surface area contributed by atoms with Crippen molar-refractivity contribution in [1.29, 1.82) is 0 Å². The van der Waals surface area contributed by atoms with Crippen molar-refractivity contribution in [3.8, 4) is 0 Å². The summed E-state index contributed by atoms with van der Waals surface area (Å²) in [5.41, 5.74) is 0.491. The Morgan fingerprint density at radius 1 is 1.28 bits per heavy atom. The molecule has 0 aliphatic carbocycles. The molecule has 6 heteroatoms. The fourth-order valence-corrected chi connectivity index (χ4v) is 3.52. The second-order valence-corrected chi connectivity index (χ2v) is 6.18. The van der Waals surface area contributed by atoms with Crippen molar-refractivity contribution < 1.29 is 13.9 Å². The number of aromatic nitrogens is 2. The molecule has 25 heavy (non-hydrogen) atoms. The summed E-state index contributed by atoms with van der Waals surface area (Å²) >= 11 is 0. The molecule has 1 amide bonds. The highest BCUT2D eigenvalue weighted by molar-refractivity contribution is 6.07. The summed E-state index contributed by atoms with van der Waals surface area (Å²) < 4.78 is 19.5. The summed E-state index contributed by atoms with van der Waals surface area (Å²) in [7, 11) is 1.64. The molecule has 0 radical (unpaired) electrons. The van der Waals surface area contributed by atoms with Crippen LogP contribution in [0.4, 0.5) is 4.39 Å². The molecule has 1 aliphatic rings. The molecule has 1 saturated heterocycles. The first kappa shape index (κ1) is 15.8. The zero-order valence-corrected chi connectivity index (χ0v) is 13.8. The third-order valence-corrected chi connectivity index (χ3v) is 4.79. The van der Waals surface area contributed by atoms with Crippen molar-refractivity contribution in [3.63, 3.8) is 0 Å². The molecule has 128 valence electrons. The lowest BCUT2D eigenvalue weighted by molar-refractivity contribution is 0.0686. The molecule has 2 aromatic carbocycles. The number of hydrogen-bond acceptors (Lipinski definition) is 3. The summed E-state index contributed by atoms with van der Waals surface area (Å²) in [6, 6.07) is 9.76. The molecule has 2 heterocycles. The average Bonchev–Trinajstić information content (AvgIpc) is 3.31. The average molecular weight is 339 g/mol. The molecule has 0 spiro atoms. The van der Waals surface area contributed by atoms with Gasteiger partial charge in [0.1, 0.15) is 11.6 Å². The molecule has 1 aromatic heterocycles. The standard InChI is InChI=1S/C19H18FN3O2/c1-25-12-10-17(18-21-8-9-22-18)23(11-12)19(24)15-6-7-16(20)14-5-3-2-4-13(14)15/h2-9,12,17H,10-11H2,1H3,(H,21,22)/t12-,17?/m1/s1. The van der Waals surface area contributed by atoms with Gasteiger partial charge in [-0.15, -0.1) is 0 Å². The Hall–Kier alpha value is -2.73. The Labute approximate surface area is 144 Å². The number of halogens is 1. The van der Waals surface area contributed by atoms with E-state index in [0.717, 1.165) is 5.82 Å². The Kier molecular flexibility index (Phi) is 3.97. The van der Waals surface area contributed by atoms with E-state index in [-0.39, 0.29) is 23.9 Å². The van der Waals surface area contributed by atoms with Gasteiger partial charge < -0.3 is 14.6 Å². The number of hydrogen-bond donors (Lipinski definition) is 1. The van der Waals surface area contributed by atoms with Crippen LogP contribution >= 0.6 is 0 Å². The molecular weight excluding hydrogens is 321 g/mol. The molecule has 5 nitrogen and oxygen atoms in total. The first-order valence-corrected chi connectivity index (χ1v) is 8.19. The third-order valence-electron chi connectivity index (χ3n) is 4.79. The van der Waals surface area contributed by atoms with Gasteiger partial charge in [-0.2, -0.15) is 0 Å². The van der Waals surface area contributed by atoms with E-state index in [2.05, 4.69) is 9.97 Å². The summed E-state index contributed by atoms with van der Waals surface area (Å²) in [5, 5.41) is 1.07. The topological polar surface area (TPSA) is 58.2 Å². The number of nitrogens with zero attached hydrogens (tertiary/aromatic N) is 2. The van der Waals surface area contributed by atoms with Crippen LogP contribution < -0.4 is 0 Å². The molecule has 1 fully saturated rings. The molecule has 2 atom stereocenters. The van der Waals surface area contributed by atoms with E-state index >= 15 is 0 Å². The van der Waals surface area contributed by atoms with E-state index in [1.54, 1.807) is 48.7 Å². The number of rotatable bonds is 3. The van der Waals surface area contributed by atoms with Gasteiger partial charge in [0.05, 0.1) is 12.1 Å². The van der Waals surface area contributed by atoms with Crippen LogP contribution in [0.5, 0.6) is 0 Å². The van der Waals surface area contributed by atoms with Crippen LogP contribution in [0.1, 0.15) is 28.6 Å². The Balaban J connectivity index is 1.76. The number of benzene rings is 2. The van der Waals surface area contributed by atoms with Crippen LogP contribution in [0.3, 0.4) is 0 Å². The zero-order valence-electron chi connectivity index (χ0n) is 13.8. The van der Waals surface area contributed by atoms with Crippen molar-refractivity contribution >= 4 is 16.7 Å². The maximum absolute atomic E-state index is 14.1. The second-order valence-electron chi connectivity index (χ2n) is 6.18.